The third kappa shape index (κ3) is 3.62. The first kappa shape index (κ1) is 12.2. The average Bonchev–Trinajstić information content (AvgIpc) is 2.39. The van der Waals surface area contributed by atoms with Gasteiger partial charge in [-0.05, 0) is 26.2 Å². The SMILES string of the molecule is CC.Cc1onc(CC(C)C)c1C. The van der Waals surface area contributed by atoms with Crippen molar-refractivity contribution in [1.29, 1.82) is 0 Å². The van der Waals surface area contributed by atoms with Gasteiger partial charge in [-0.15, -0.1) is 0 Å². The maximum Gasteiger partial charge on any atom is 0.136 e. The number of hydrogen-bond acceptors (Lipinski definition) is 2. The van der Waals surface area contributed by atoms with E-state index in [0.29, 0.717) is 5.92 Å². The molecule has 0 radical (unpaired) electrons. The van der Waals surface area contributed by atoms with Gasteiger partial charge < -0.3 is 4.52 Å². The standard InChI is InChI=1S/C9H15NO.C2H6/c1-6(2)5-9-7(3)8(4)11-10-9;1-2/h6H,5H2,1-4H3;1-2H3. The summed E-state index contributed by atoms with van der Waals surface area (Å²) in [7, 11) is 0. The van der Waals surface area contributed by atoms with Crippen LogP contribution in [0, 0.1) is 19.8 Å². The Kier molecular flexibility index (Phi) is 5.44. The van der Waals surface area contributed by atoms with E-state index >= 15 is 0 Å². The van der Waals surface area contributed by atoms with Gasteiger partial charge in [0, 0.05) is 5.56 Å². The highest BCUT2D eigenvalue weighted by atomic mass is 16.5. The normalized spacial score (nSPS) is 9.77. The van der Waals surface area contributed by atoms with Crippen LogP contribution in [0.1, 0.15) is 44.7 Å². The predicted octanol–water partition coefficient (Wildman–Crippen LogP) is 3.52. The molecule has 0 aliphatic carbocycles. The van der Waals surface area contributed by atoms with Crippen molar-refractivity contribution in [3.63, 3.8) is 0 Å². The Bertz CT molecular complexity index is 238. The molecule has 1 heterocycles. The molecule has 0 aliphatic rings. The van der Waals surface area contributed by atoms with Crippen molar-refractivity contribution in [3.05, 3.63) is 17.0 Å². The molecule has 13 heavy (non-hydrogen) atoms. The van der Waals surface area contributed by atoms with E-state index in [1.54, 1.807) is 0 Å². The lowest BCUT2D eigenvalue weighted by atomic mass is 10.1. The third-order valence-electron chi connectivity index (χ3n) is 1.86. The molecule has 0 unspecified atom stereocenters. The summed E-state index contributed by atoms with van der Waals surface area (Å²) < 4.78 is 5.05. The predicted molar refractivity (Wildman–Crippen MR) is 55.9 cm³/mol. The monoisotopic (exact) mass is 183 g/mol. The van der Waals surface area contributed by atoms with Gasteiger partial charge in [-0.3, -0.25) is 0 Å². The van der Waals surface area contributed by atoms with Gasteiger partial charge in [-0.25, -0.2) is 0 Å². The highest BCUT2D eigenvalue weighted by molar-refractivity contribution is 5.19. The van der Waals surface area contributed by atoms with Crippen molar-refractivity contribution in [1.82, 2.24) is 5.16 Å². The lowest BCUT2D eigenvalue weighted by Crippen LogP contribution is -1.95. The van der Waals surface area contributed by atoms with Gasteiger partial charge in [-0.2, -0.15) is 0 Å². The summed E-state index contributed by atoms with van der Waals surface area (Å²) in [6.45, 7) is 12.4. The summed E-state index contributed by atoms with van der Waals surface area (Å²) in [5, 5.41) is 3.98. The van der Waals surface area contributed by atoms with Crippen molar-refractivity contribution in [2.24, 2.45) is 5.92 Å². The van der Waals surface area contributed by atoms with E-state index in [4.69, 9.17) is 4.52 Å². The van der Waals surface area contributed by atoms with Gasteiger partial charge >= 0.3 is 0 Å². The Hall–Kier alpha value is -0.790. The molecule has 0 amide bonds. The van der Waals surface area contributed by atoms with E-state index < -0.39 is 0 Å². The highest BCUT2D eigenvalue weighted by Crippen LogP contribution is 2.14. The van der Waals surface area contributed by atoms with E-state index in [1.165, 1.54) is 5.56 Å². The smallest absolute Gasteiger partial charge is 0.136 e. The number of nitrogens with zero attached hydrogens (tertiary/aromatic N) is 1. The molecular weight excluding hydrogens is 162 g/mol. The third-order valence-corrected chi connectivity index (χ3v) is 1.86. The first-order chi connectivity index (χ1) is 6.11. The van der Waals surface area contributed by atoms with Crippen molar-refractivity contribution in [2.75, 3.05) is 0 Å². The fourth-order valence-electron chi connectivity index (χ4n) is 1.04. The molecule has 2 heteroatoms. The Morgan fingerprint density at radius 3 is 2.08 bits per heavy atom. The fraction of sp³-hybridized carbons (Fsp3) is 0.727. The number of hydrogen-bond donors (Lipinski definition) is 0. The molecule has 0 spiro atoms. The Morgan fingerprint density at radius 2 is 1.77 bits per heavy atom. The van der Waals surface area contributed by atoms with Crippen LogP contribution in [0.25, 0.3) is 0 Å². The van der Waals surface area contributed by atoms with E-state index in [9.17, 15) is 0 Å². The lowest BCUT2D eigenvalue weighted by Gasteiger charge is -1.99. The number of rotatable bonds is 2. The van der Waals surface area contributed by atoms with E-state index in [0.717, 1.165) is 17.9 Å². The van der Waals surface area contributed by atoms with Crippen LogP contribution in [0.15, 0.2) is 4.52 Å². The summed E-state index contributed by atoms with van der Waals surface area (Å²) in [5.74, 6) is 1.60. The number of aromatic nitrogens is 1. The van der Waals surface area contributed by atoms with Crippen LogP contribution in [0.4, 0.5) is 0 Å². The Balaban J connectivity index is 0.000000671. The van der Waals surface area contributed by atoms with E-state index in [-0.39, 0.29) is 0 Å². The van der Waals surface area contributed by atoms with Crippen molar-refractivity contribution in [2.45, 2.75) is 48.0 Å². The quantitative estimate of drug-likeness (QED) is 0.701. The largest absolute Gasteiger partial charge is 0.361 e. The molecule has 0 aromatic carbocycles. The zero-order valence-electron chi connectivity index (χ0n) is 9.64. The molecule has 1 rings (SSSR count). The van der Waals surface area contributed by atoms with Crippen LogP contribution in [0.2, 0.25) is 0 Å². The van der Waals surface area contributed by atoms with Crippen LogP contribution in [-0.2, 0) is 6.42 Å². The van der Waals surface area contributed by atoms with Crippen LogP contribution in [-0.4, -0.2) is 5.16 Å². The van der Waals surface area contributed by atoms with Crippen molar-refractivity contribution >= 4 is 0 Å². The summed E-state index contributed by atoms with van der Waals surface area (Å²) in [6, 6.07) is 0. The van der Waals surface area contributed by atoms with Crippen molar-refractivity contribution in [3.8, 4) is 0 Å². The second-order valence-corrected chi connectivity index (χ2v) is 3.41. The minimum Gasteiger partial charge on any atom is -0.361 e. The van der Waals surface area contributed by atoms with E-state index in [1.807, 2.05) is 20.8 Å². The first-order valence-corrected chi connectivity index (χ1v) is 5.03. The topological polar surface area (TPSA) is 26.0 Å². The van der Waals surface area contributed by atoms with Gasteiger partial charge in [0.1, 0.15) is 5.76 Å². The molecule has 1 aromatic heterocycles. The summed E-state index contributed by atoms with van der Waals surface area (Å²) >= 11 is 0. The lowest BCUT2D eigenvalue weighted by molar-refractivity contribution is 0.386. The maximum absolute atomic E-state index is 5.05. The molecule has 0 saturated heterocycles. The van der Waals surface area contributed by atoms with Gasteiger partial charge in [0.15, 0.2) is 0 Å². The van der Waals surface area contributed by atoms with Crippen LogP contribution in [0.3, 0.4) is 0 Å². The molecule has 76 valence electrons. The summed E-state index contributed by atoms with van der Waals surface area (Å²) in [4.78, 5) is 0. The minimum absolute atomic E-state index is 0.651. The van der Waals surface area contributed by atoms with Crippen LogP contribution >= 0.6 is 0 Å². The highest BCUT2D eigenvalue weighted by Gasteiger charge is 2.08. The first-order valence-electron chi connectivity index (χ1n) is 5.03. The van der Waals surface area contributed by atoms with Crippen LogP contribution in [0.5, 0.6) is 0 Å². The molecule has 0 saturated carbocycles. The van der Waals surface area contributed by atoms with Gasteiger partial charge in [-0.1, -0.05) is 32.9 Å². The molecule has 2 nitrogen and oxygen atoms in total. The van der Waals surface area contributed by atoms with Crippen LogP contribution < -0.4 is 0 Å². The Labute approximate surface area is 81.3 Å². The number of aryl methyl sites for hydroxylation is 1. The Morgan fingerprint density at radius 1 is 1.23 bits per heavy atom. The zero-order chi connectivity index (χ0) is 10.4. The van der Waals surface area contributed by atoms with Gasteiger partial charge in [0.25, 0.3) is 0 Å². The summed E-state index contributed by atoms with van der Waals surface area (Å²) in [6.07, 6.45) is 1.02. The second kappa shape index (κ2) is 5.79. The molecule has 0 atom stereocenters. The molecule has 0 N–H and O–H groups in total. The molecule has 0 bridgehead atoms. The molecule has 0 fully saturated rings. The molecule has 1 aromatic rings. The maximum atomic E-state index is 5.05. The molecule has 0 aliphatic heterocycles. The average molecular weight is 183 g/mol. The molecular formula is C11H21NO. The zero-order valence-corrected chi connectivity index (χ0v) is 9.64. The van der Waals surface area contributed by atoms with Gasteiger partial charge in [0.2, 0.25) is 0 Å². The second-order valence-electron chi connectivity index (χ2n) is 3.41. The minimum atomic E-state index is 0.651. The summed E-state index contributed by atoms with van der Waals surface area (Å²) in [5.41, 5.74) is 2.32. The fourth-order valence-corrected chi connectivity index (χ4v) is 1.04. The van der Waals surface area contributed by atoms with Crippen molar-refractivity contribution < 1.29 is 4.52 Å². The van der Waals surface area contributed by atoms with Gasteiger partial charge in [0.05, 0.1) is 5.69 Å². The van der Waals surface area contributed by atoms with E-state index in [2.05, 4.69) is 25.9 Å².